The number of hydrogen-bond donors (Lipinski definition) is 2. The van der Waals surface area contributed by atoms with Crippen molar-refractivity contribution >= 4 is 11.8 Å². The van der Waals surface area contributed by atoms with E-state index in [4.69, 9.17) is 5.73 Å². The molecule has 0 fully saturated rings. The summed E-state index contributed by atoms with van der Waals surface area (Å²) >= 11 is 1.75. The van der Waals surface area contributed by atoms with Gasteiger partial charge in [-0.25, -0.2) is 0 Å². The number of aliphatic hydroxyl groups excluding tert-OH is 1. The van der Waals surface area contributed by atoms with Crippen LogP contribution in [0.4, 0.5) is 0 Å². The van der Waals surface area contributed by atoms with Crippen molar-refractivity contribution in [2.45, 2.75) is 36.7 Å². The molecule has 2 nitrogen and oxygen atoms in total. The van der Waals surface area contributed by atoms with Crippen molar-refractivity contribution in [3.8, 4) is 0 Å². The number of rotatable bonds is 6. The SMILES string of the molecule is CCC(CC(O)CN)c1ccc(SC)cc1. The Hall–Kier alpha value is -0.510. The third-order valence-electron chi connectivity index (χ3n) is 2.91. The van der Waals surface area contributed by atoms with Gasteiger partial charge in [0.2, 0.25) is 0 Å². The molecule has 0 aliphatic carbocycles. The molecule has 0 aliphatic rings. The van der Waals surface area contributed by atoms with Crippen LogP contribution in [0.5, 0.6) is 0 Å². The third-order valence-corrected chi connectivity index (χ3v) is 3.65. The molecule has 90 valence electrons. The number of benzene rings is 1. The van der Waals surface area contributed by atoms with Crippen molar-refractivity contribution in [2.24, 2.45) is 5.73 Å². The van der Waals surface area contributed by atoms with Gasteiger partial charge >= 0.3 is 0 Å². The van der Waals surface area contributed by atoms with Crippen LogP contribution < -0.4 is 5.73 Å². The Morgan fingerprint density at radius 3 is 2.38 bits per heavy atom. The summed E-state index contributed by atoms with van der Waals surface area (Å²) in [7, 11) is 0. The summed E-state index contributed by atoms with van der Waals surface area (Å²) in [5, 5.41) is 9.59. The van der Waals surface area contributed by atoms with Crippen molar-refractivity contribution in [1.82, 2.24) is 0 Å². The lowest BCUT2D eigenvalue weighted by atomic mass is 9.91. The van der Waals surface area contributed by atoms with Crippen LogP contribution in [0, 0.1) is 0 Å². The van der Waals surface area contributed by atoms with E-state index in [1.807, 2.05) is 0 Å². The summed E-state index contributed by atoms with van der Waals surface area (Å²) in [5.41, 5.74) is 6.74. The molecular formula is C13H21NOS. The van der Waals surface area contributed by atoms with Crippen LogP contribution in [0.25, 0.3) is 0 Å². The van der Waals surface area contributed by atoms with Crippen LogP contribution in [-0.4, -0.2) is 24.0 Å². The first kappa shape index (κ1) is 13.6. The van der Waals surface area contributed by atoms with Crippen LogP contribution in [-0.2, 0) is 0 Å². The number of aliphatic hydroxyl groups is 1. The fraction of sp³-hybridized carbons (Fsp3) is 0.538. The zero-order chi connectivity index (χ0) is 12.0. The van der Waals surface area contributed by atoms with Gasteiger partial charge in [0, 0.05) is 11.4 Å². The Morgan fingerprint density at radius 1 is 1.31 bits per heavy atom. The third kappa shape index (κ3) is 3.81. The van der Waals surface area contributed by atoms with Gasteiger partial charge in [-0.2, -0.15) is 0 Å². The lowest BCUT2D eigenvalue weighted by molar-refractivity contribution is 0.162. The highest BCUT2D eigenvalue weighted by Gasteiger charge is 2.13. The van der Waals surface area contributed by atoms with E-state index >= 15 is 0 Å². The van der Waals surface area contributed by atoms with Crippen LogP contribution in [0.3, 0.4) is 0 Å². The molecule has 0 saturated carbocycles. The Bertz CT molecular complexity index is 299. The molecule has 16 heavy (non-hydrogen) atoms. The minimum Gasteiger partial charge on any atom is -0.392 e. The van der Waals surface area contributed by atoms with Gasteiger partial charge in [-0.15, -0.1) is 11.8 Å². The minimum atomic E-state index is -0.384. The maximum absolute atomic E-state index is 9.59. The zero-order valence-electron chi connectivity index (χ0n) is 10.0. The van der Waals surface area contributed by atoms with E-state index in [-0.39, 0.29) is 6.10 Å². The predicted octanol–water partition coefficient (Wildman–Crippen LogP) is 2.61. The second-order valence-corrected chi connectivity index (χ2v) is 4.88. The summed E-state index contributed by atoms with van der Waals surface area (Å²) in [5.74, 6) is 0.412. The standard InChI is InChI=1S/C13H21NOS/c1-3-10(8-12(15)9-14)11-4-6-13(16-2)7-5-11/h4-7,10,12,15H,3,8-9,14H2,1-2H3. The molecule has 2 unspecified atom stereocenters. The van der Waals surface area contributed by atoms with Gasteiger partial charge in [-0.3, -0.25) is 0 Å². The Kier molecular flexibility index (Phi) is 5.88. The van der Waals surface area contributed by atoms with E-state index in [0.29, 0.717) is 12.5 Å². The first-order chi connectivity index (χ1) is 7.71. The summed E-state index contributed by atoms with van der Waals surface area (Å²) in [4.78, 5) is 1.28. The molecule has 3 heteroatoms. The average molecular weight is 239 g/mol. The van der Waals surface area contributed by atoms with E-state index in [9.17, 15) is 5.11 Å². The van der Waals surface area contributed by atoms with E-state index in [1.165, 1.54) is 10.5 Å². The molecule has 0 radical (unpaired) electrons. The summed E-state index contributed by atoms with van der Waals surface area (Å²) in [6.45, 7) is 2.50. The van der Waals surface area contributed by atoms with Crippen LogP contribution in [0.1, 0.15) is 31.2 Å². The Balaban J connectivity index is 2.70. The fourth-order valence-electron chi connectivity index (χ4n) is 1.84. The summed E-state index contributed by atoms with van der Waals surface area (Å²) in [6.07, 6.45) is 3.48. The highest BCUT2D eigenvalue weighted by Crippen LogP contribution is 2.26. The monoisotopic (exact) mass is 239 g/mol. The molecule has 0 bridgehead atoms. The molecule has 3 N–H and O–H groups in total. The van der Waals surface area contributed by atoms with Crippen molar-refractivity contribution in [2.75, 3.05) is 12.8 Å². The maximum Gasteiger partial charge on any atom is 0.0668 e. The molecule has 1 rings (SSSR count). The van der Waals surface area contributed by atoms with Gasteiger partial charge in [-0.05, 0) is 42.7 Å². The molecule has 1 aromatic rings. The van der Waals surface area contributed by atoms with Crippen molar-refractivity contribution in [3.63, 3.8) is 0 Å². The van der Waals surface area contributed by atoms with Gasteiger partial charge < -0.3 is 10.8 Å². The van der Waals surface area contributed by atoms with Crippen LogP contribution in [0.2, 0.25) is 0 Å². The van der Waals surface area contributed by atoms with Crippen LogP contribution >= 0.6 is 11.8 Å². The molecule has 0 amide bonds. The second-order valence-electron chi connectivity index (χ2n) is 4.00. The summed E-state index contributed by atoms with van der Waals surface area (Å²) < 4.78 is 0. The fourth-order valence-corrected chi connectivity index (χ4v) is 2.25. The number of hydrogen-bond acceptors (Lipinski definition) is 3. The van der Waals surface area contributed by atoms with Gasteiger partial charge in [0.1, 0.15) is 0 Å². The van der Waals surface area contributed by atoms with Gasteiger partial charge in [0.25, 0.3) is 0 Å². The first-order valence-electron chi connectivity index (χ1n) is 5.73. The van der Waals surface area contributed by atoms with E-state index in [0.717, 1.165) is 12.8 Å². The molecule has 0 aliphatic heterocycles. The highest BCUT2D eigenvalue weighted by molar-refractivity contribution is 7.98. The lowest BCUT2D eigenvalue weighted by Gasteiger charge is -2.18. The highest BCUT2D eigenvalue weighted by atomic mass is 32.2. The van der Waals surface area contributed by atoms with Crippen LogP contribution in [0.15, 0.2) is 29.2 Å². The van der Waals surface area contributed by atoms with Gasteiger partial charge in [0.05, 0.1) is 6.10 Å². The van der Waals surface area contributed by atoms with Gasteiger partial charge in [0.15, 0.2) is 0 Å². The molecule has 0 saturated heterocycles. The molecule has 0 spiro atoms. The number of nitrogens with two attached hydrogens (primary N) is 1. The van der Waals surface area contributed by atoms with Crippen molar-refractivity contribution < 1.29 is 5.11 Å². The van der Waals surface area contributed by atoms with E-state index < -0.39 is 0 Å². The number of thioether (sulfide) groups is 1. The van der Waals surface area contributed by atoms with Gasteiger partial charge in [-0.1, -0.05) is 19.1 Å². The first-order valence-corrected chi connectivity index (χ1v) is 6.95. The van der Waals surface area contributed by atoms with Crippen molar-refractivity contribution in [1.29, 1.82) is 0 Å². The second kappa shape index (κ2) is 6.94. The van der Waals surface area contributed by atoms with E-state index in [1.54, 1.807) is 11.8 Å². The molecule has 0 aromatic heterocycles. The zero-order valence-corrected chi connectivity index (χ0v) is 10.8. The smallest absolute Gasteiger partial charge is 0.0668 e. The molecule has 0 heterocycles. The Labute approximate surface area is 102 Å². The topological polar surface area (TPSA) is 46.2 Å². The van der Waals surface area contributed by atoms with Crippen molar-refractivity contribution in [3.05, 3.63) is 29.8 Å². The quantitative estimate of drug-likeness (QED) is 0.750. The molecular weight excluding hydrogens is 218 g/mol. The van der Waals surface area contributed by atoms with E-state index in [2.05, 4.69) is 37.4 Å². The normalized spacial score (nSPS) is 14.8. The minimum absolute atomic E-state index is 0.347. The lowest BCUT2D eigenvalue weighted by Crippen LogP contribution is -2.22. The average Bonchev–Trinajstić information content (AvgIpc) is 2.35. The summed E-state index contributed by atoms with van der Waals surface area (Å²) in [6, 6.07) is 8.58. The molecule has 1 aromatic carbocycles. The largest absolute Gasteiger partial charge is 0.392 e. The Morgan fingerprint density at radius 2 is 1.94 bits per heavy atom. The predicted molar refractivity (Wildman–Crippen MR) is 70.9 cm³/mol. The maximum atomic E-state index is 9.59. The molecule has 2 atom stereocenters.